The van der Waals surface area contributed by atoms with Crippen LogP contribution in [0.2, 0.25) is 0 Å². The van der Waals surface area contributed by atoms with Crippen molar-refractivity contribution in [2.45, 2.75) is 37.3 Å². The van der Waals surface area contributed by atoms with Gasteiger partial charge in [0.05, 0.1) is 38.0 Å². The number of hydrogen-bond acceptors (Lipinski definition) is 4. The molecule has 3 aromatic rings. The SMILES string of the molecule is COc1ccc(CN2C(=O)NC(COCc3cc(C(F)(F)F)cc(C(F)(F)F)c3)(c3ccccc3)C2O)cc1. The molecule has 2 amide bonds. The van der Waals surface area contributed by atoms with Crippen molar-refractivity contribution >= 4 is 6.03 Å². The second-order valence-corrected chi connectivity index (χ2v) is 9.02. The number of carbonyl (C=O) groups is 1. The van der Waals surface area contributed by atoms with Gasteiger partial charge in [-0.25, -0.2) is 4.79 Å². The van der Waals surface area contributed by atoms with Crippen molar-refractivity contribution in [1.82, 2.24) is 10.2 Å². The first-order valence-corrected chi connectivity index (χ1v) is 11.6. The van der Waals surface area contributed by atoms with Crippen LogP contribution in [-0.4, -0.2) is 36.0 Å². The van der Waals surface area contributed by atoms with Crippen LogP contribution in [0.25, 0.3) is 0 Å². The lowest BCUT2D eigenvalue weighted by molar-refractivity contribution is -0.143. The number of halogens is 6. The number of aliphatic hydroxyl groups is 1. The van der Waals surface area contributed by atoms with Crippen LogP contribution >= 0.6 is 0 Å². The van der Waals surface area contributed by atoms with Crippen molar-refractivity contribution in [3.8, 4) is 5.75 Å². The number of carbonyl (C=O) groups excluding carboxylic acids is 1. The molecule has 1 heterocycles. The molecule has 1 aliphatic rings. The van der Waals surface area contributed by atoms with Crippen LogP contribution in [0.1, 0.15) is 27.8 Å². The Balaban J connectivity index is 1.59. The summed E-state index contributed by atoms with van der Waals surface area (Å²) in [6.07, 6.45) is -11.5. The van der Waals surface area contributed by atoms with E-state index in [0.717, 1.165) is 4.90 Å². The zero-order valence-corrected chi connectivity index (χ0v) is 20.5. The molecule has 0 aliphatic carbocycles. The first-order chi connectivity index (χ1) is 18.3. The molecule has 208 valence electrons. The van der Waals surface area contributed by atoms with E-state index in [1.165, 1.54) is 7.11 Å². The highest BCUT2D eigenvalue weighted by molar-refractivity contribution is 5.79. The van der Waals surface area contributed by atoms with E-state index in [0.29, 0.717) is 29.0 Å². The minimum Gasteiger partial charge on any atom is -0.497 e. The normalized spacial score (nSPS) is 19.7. The van der Waals surface area contributed by atoms with Gasteiger partial charge in [-0.05, 0) is 47.0 Å². The van der Waals surface area contributed by atoms with E-state index in [-0.39, 0.29) is 18.2 Å². The van der Waals surface area contributed by atoms with Crippen molar-refractivity contribution in [1.29, 1.82) is 0 Å². The number of methoxy groups -OCH3 is 1. The monoisotopic (exact) mass is 554 g/mol. The molecule has 2 unspecified atom stereocenters. The fraction of sp³-hybridized carbons (Fsp3) is 0.296. The maximum atomic E-state index is 13.2. The Morgan fingerprint density at radius 3 is 2.03 bits per heavy atom. The van der Waals surface area contributed by atoms with Gasteiger partial charge < -0.3 is 19.9 Å². The quantitative estimate of drug-likeness (QED) is 0.351. The van der Waals surface area contributed by atoms with Crippen molar-refractivity contribution in [3.05, 3.63) is 101 Å². The van der Waals surface area contributed by atoms with Crippen LogP contribution in [0, 0.1) is 0 Å². The average Bonchev–Trinajstić information content (AvgIpc) is 3.13. The predicted octanol–water partition coefficient (Wildman–Crippen LogP) is 5.69. The van der Waals surface area contributed by atoms with E-state index < -0.39 is 54.5 Å². The molecule has 0 saturated carbocycles. The number of nitrogens with one attached hydrogen (secondary N) is 1. The molecule has 1 aliphatic heterocycles. The summed E-state index contributed by atoms with van der Waals surface area (Å²) in [6.45, 7) is -1.07. The van der Waals surface area contributed by atoms with Gasteiger partial charge in [-0.1, -0.05) is 42.5 Å². The fourth-order valence-electron chi connectivity index (χ4n) is 4.37. The number of benzene rings is 3. The number of aliphatic hydroxyl groups excluding tert-OH is 1. The van der Waals surface area contributed by atoms with Gasteiger partial charge in [0.25, 0.3) is 0 Å². The zero-order chi connectivity index (χ0) is 28.4. The molecule has 1 saturated heterocycles. The molecule has 12 heteroatoms. The number of amides is 2. The minimum absolute atomic E-state index is 0.00808. The van der Waals surface area contributed by atoms with Gasteiger partial charge in [0, 0.05) is 0 Å². The van der Waals surface area contributed by atoms with Crippen LogP contribution in [0.4, 0.5) is 31.1 Å². The number of rotatable bonds is 8. The maximum absolute atomic E-state index is 13.2. The molecule has 4 rings (SSSR count). The topological polar surface area (TPSA) is 71.0 Å². The van der Waals surface area contributed by atoms with Crippen LogP contribution < -0.4 is 10.1 Å². The molecule has 0 radical (unpaired) electrons. The lowest BCUT2D eigenvalue weighted by Crippen LogP contribution is -2.50. The van der Waals surface area contributed by atoms with Gasteiger partial charge in [0.15, 0.2) is 6.23 Å². The number of ether oxygens (including phenoxy) is 2. The Kier molecular flexibility index (Phi) is 7.80. The molecule has 0 spiro atoms. The number of hydrogen-bond donors (Lipinski definition) is 2. The molecule has 1 fully saturated rings. The average molecular weight is 554 g/mol. The molecule has 0 aromatic heterocycles. The Hall–Kier alpha value is -3.77. The molecule has 39 heavy (non-hydrogen) atoms. The third kappa shape index (κ3) is 6.12. The van der Waals surface area contributed by atoms with Gasteiger partial charge in [-0.2, -0.15) is 26.3 Å². The van der Waals surface area contributed by atoms with E-state index in [4.69, 9.17) is 9.47 Å². The molecule has 3 aromatic carbocycles. The van der Waals surface area contributed by atoms with Gasteiger partial charge in [0.1, 0.15) is 11.3 Å². The van der Waals surface area contributed by atoms with Crippen LogP contribution in [0.15, 0.2) is 72.8 Å². The fourth-order valence-corrected chi connectivity index (χ4v) is 4.37. The van der Waals surface area contributed by atoms with Crippen LogP contribution in [0.5, 0.6) is 5.75 Å². The largest absolute Gasteiger partial charge is 0.497 e. The van der Waals surface area contributed by atoms with Gasteiger partial charge in [-0.3, -0.25) is 4.90 Å². The van der Waals surface area contributed by atoms with Gasteiger partial charge >= 0.3 is 18.4 Å². The second-order valence-electron chi connectivity index (χ2n) is 9.02. The van der Waals surface area contributed by atoms with E-state index in [9.17, 15) is 36.2 Å². The van der Waals surface area contributed by atoms with Crippen LogP contribution in [0.3, 0.4) is 0 Å². The summed E-state index contributed by atoms with van der Waals surface area (Å²) in [6, 6.07) is 15.6. The first kappa shape index (κ1) is 28.2. The van der Waals surface area contributed by atoms with Crippen molar-refractivity contribution < 1.29 is 45.7 Å². The molecule has 6 nitrogen and oxygen atoms in total. The highest BCUT2D eigenvalue weighted by Crippen LogP contribution is 2.38. The lowest BCUT2D eigenvalue weighted by Gasteiger charge is -2.33. The standard InChI is InChI=1S/C27H24F6N2O4/c1-38-22-9-7-17(8-10-22)14-35-23(36)25(34-24(35)37,19-5-3-2-4-6-19)16-39-15-18-11-20(26(28,29)30)13-21(12-18)27(31,32)33/h2-13,23,36H,14-16H2,1H3,(H,34,37). The highest BCUT2D eigenvalue weighted by atomic mass is 19.4. The minimum atomic E-state index is -5.00. The summed E-state index contributed by atoms with van der Waals surface area (Å²) in [4.78, 5) is 14.1. The first-order valence-electron chi connectivity index (χ1n) is 11.6. The summed E-state index contributed by atoms with van der Waals surface area (Å²) in [5.74, 6) is 0.598. The summed E-state index contributed by atoms with van der Waals surface area (Å²) in [7, 11) is 1.50. The number of urea groups is 1. The summed E-state index contributed by atoms with van der Waals surface area (Å²) < 4.78 is 90.2. The lowest BCUT2D eigenvalue weighted by atomic mass is 9.89. The Bertz CT molecular complexity index is 1270. The van der Waals surface area contributed by atoms with Crippen molar-refractivity contribution in [2.75, 3.05) is 13.7 Å². The predicted molar refractivity (Wildman–Crippen MR) is 127 cm³/mol. The van der Waals surface area contributed by atoms with Crippen molar-refractivity contribution in [3.63, 3.8) is 0 Å². The Morgan fingerprint density at radius 1 is 0.897 bits per heavy atom. The molecular formula is C27H24F6N2O4. The Labute approximate surface area is 219 Å². The van der Waals surface area contributed by atoms with Gasteiger partial charge in [0.2, 0.25) is 0 Å². The van der Waals surface area contributed by atoms with E-state index >= 15 is 0 Å². The summed E-state index contributed by atoms with van der Waals surface area (Å²) in [5, 5.41) is 14.0. The molecular weight excluding hydrogens is 530 g/mol. The van der Waals surface area contributed by atoms with E-state index in [1.807, 2.05) is 0 Å². The number of nitrogens with zero attached hydrogens (tertiary/aromatic N) is 1. The van der Waals surface area contributed by atoms with E-state index in [1.54, 1.807) is 54.6 Å². The third-order valence-electron chi connectivity index (χ3n) is 6.37. The van der Waals surface area contributed by atoms with E-state index in [2.05, 4.69) is 5.32 Å². The summed E-state index contributed by atoms with van der Waals surface area (Å²) in [5.41, 5.74) is -3.74. The van der Waals surface area contributed by atoms with Gasteiger partial charge in [-0.15, -0.1) is 0 Å². The smallest absolute Gasteiger partial charge is 0.416 e. The second kappa shape index (κ2) is 10.8. The molecule has 2 atom stereocenters. The number of alkyl halides is 6. The zero-order valence-electron chi connectivity index (χ0n) is 20.5. The molecule has 2 N–H and O–H groups in total. The molecule has 0 bridgehead atoms. The van der Waals surface area contributed by atoms with Crippen molar-refractivity contribution in [2.24, 2.45) is 0 Å². The maximum Gasteiger partial charge on any atom is 0.416 e. The van der Waals surface area contributed by atoms with Crippen LogP contribution in [-0.2, 0) is 35.8 Å². The Morgan fingerprint density at radius 2 is 1.49 bits per heavy atom. The third-order valence-corrected chi connectivity index (χ3v) is 6.37. The summed E-state index contributed by atoms with van der Waals surface area (Å²) >= 11 is 0. The highest BCUT2D eigenvalue weighted by Gasteiger charge is 2.52.